The Bertz CT molecular complexity index is 273. The van der Waals surface area contributed by atoms with Crippen molar-refractivity contribution in [3.05, 3.63) is 12.4 Å². The van der Waals surface area contributed by atoms with E-state index in [-0.39, 0.29) is 6.10 Å². The average Bonchev–Trinajstić information content (AvgIpc) is 2.59. The van der Waals surface area contributed by atoms with Crippen LogP contribution in [-0.4, -0.2) is 29.0 Å². The largest absolute Gasteiger partial charge is 0.487 e. The van der Waals surface area contributed by atoms with Crippen LogP contribution < -0.4 is 10.1 Å². The summed E-state index contributed by atoms with van der Waals surface area (Å²) < 4.78 is 7.45. The van der Waals surface area contributed by atoms with Crippen LogP contribution in [0.3, 0.4) is 0 Å². The smallest absolute Gasteiger partial charge is 0.157 e. The monoisotopic (exact) mass is 211 g/mol. The molecule has 4 heteroatoms. The Morgan fingerprint density at radius 3 is 3.00 bits per heavy atom. The van der Waals surface area contributed by atoms with Gasteiger partial charge in [0.05, 0.1) is 18.5 Å². The number of nitrogens with zero attached hydrogens (tertiary/aromatic N) is 2. The molecule has 1 aromatic rings. The lowest BCUT2D eigenvalue weighted by Crippen LogP contribution is -2.18. The molecule has 0 saturated heterocycles. The molecule has 1 aromatic heterocycles. The molecule has 1 unspecified atom stereocenters. The maximum absolute atomic E-state index is 5.70. The average molecular weight is 211 g/mol. The van der Waals surface area contributed by atoms with Crippen molar-refractivity contribution < 1.29 is 4.74 Å². The zero-order valence-corrected chi connectivity index (χ0v) is 9.86. The number of rotatable bonds is 7. The van der Waals surface area contributed by atoms with Gasteiger partial charge in [0.2, 0.25) is 0 Å². The number of nitrogens with one attached hydrogen (secondary N) is 1. The lowest BCUT2D eigenvalue weighted by molar-refractivity contribution is 0.207. The number of aryl methyl sites for hydroxylation is 1. The number of ether oxygens (including phenoxy) is 1. The van der Waals surface area contributed by atoms with Crippen molar-refractivity contribution in [3.8, 4) is 5.75 Å². The number of hydrogen-bond donors (Lipinski definition) is 1. The quantitative estimate of drug-likeness (QED) is 0.696. The summed E-state index contributed by atoms with van der Waals surface area (Å²) in [4.78, 5) is 0. The first kappa shape index (κ1) is 12.0. The minimum absolute atomic E-state index is 0.257. The first-order valence-corrected chi connectivity index (χ1v) is 5.58. The predicted octanol–water partition coefficient (Wildman–Crippen LogP) is 1.58. The van der Waals surface area contributed by atoms with E-state index >= 15 is 0 Å². The molecule has 1 rings (SSSR count). The first-order valence-electron chi connectivity index (χ1n) is 5.58. The van der Waals surface area contributed by atoms with Gasteiger partial charge < -0.3 is 10.1 Å². The topological polar surface area (TPSA) is 39.1 Å². The fraction of sp³-hybridized carbons (Fsp3) is 0.727. The van der Waals surface area contributed by atoms with E-state index in [0.29, 0.717) is 0 Å². The molecule has 15 heavy (non-hydrogen) atoms. The zero-order valence-electron chi connectivity index (χ0n) is 9.86. The van der Waals surface area contributed by atoms with E-state index in [1.165, 1.54) is 0 Å². The van der Waals surface area contributed by atoms with Crippen molar-refractivity contribution in [2.45, 2.75) is 32.8 Å². The second kappa shape index (κ2) is 6.45. The molecule has 0 saturated carbocycles. The molecule has 1 atom stereocenters. The fourth-order valence-corrected chi connectivity index (χ4v) is 1.44. The summed E-state index contributed by atoms with van der Waals surface area (Å²) >= 11 is 0. The van der Waals surface area contributed by atoms with E-state index in [4.69, 9.17) is 4.74 Å². The van der Waals surface area contributed by atoms with Crippen molar-refractivity contribution in [1.29, 1.82) is 0 Å². The van der Waals surface area contributed by atoms with Crippen molar-refractivity contribution in [2.75, 3.05) is 13.1 Å². The van der Waals surface area contributed by atoms with Gasteiger partial charge in [-0.25, -0.2) is 0 Å². The van der Waals surface area contributed by atoms with Crippen molar-refractivity contribution in [2.24, 2.45) is 7.05 Å². The van der Waals surface area contributed by atoms with Crippen LogP contribution in [0.15, 0.2) is 12.4 Å². The van der Waals surface area contributed by atoms with Gasteiger partial charge in [0.1, 0.15) is 0 Å². The highest BCUT2D eigenvalue weighted by atomic mass is 16.5. The van der Waals surface area contributed by atoms with Crippen LogP contribution in [0.1, 0.15) is 26.7 Å². The maximum atomic E-state index is 5.70. The highest BCUT2D eigenvalue weighted by Gasteiger charge is 2.04. The molecule has 0 aliphatic carbocycles. The fourth-order valence-electron chi connectivity index (χ4n) is 1.44. The molecular formula is C11H21N3O. The van der Waals surface area contributed by atoms with Gasteiger partial charge in [0.15, 0.2) is 5.75 Å². The Hall–Kier alpha value is -1.03. The summed E-state index contributed by atoms with van der Waals surface area (Å²) in [6.45, 7) is 6.32. The summed E-state index contributed by atoms with van der Waals surface area (Å²) in [5.74, 6) is 0.855. The molecule has 0 aromatic carbocycles. The molecule has 0 amide bonds. The van der Waals surface area contributed by atoms with Crippen molar-refractivity contribution in [1.82, 2.24) is 15.1 Å². The van der Waals surface area contributed by atoms with Crippen LogP contribution in [0.2, 0.25) is 0 Å². The van der Waals surface area contributed by atoms with E-state index in [2.05, 4.69) is 24.3 Å². The molecule has 86 valence electrons. The van der Waals surface area contributed by atoms with Gasteiger partial charge in [-0.05, 0) is 32.9 Å². The Morgan fingerprint density at radius 1 is 1.60 bits per heavy atom. The van der Waals surface area contributed by atoms with E-state index in [1.807, 2.05) is 13.2 Å². The highest BCUT2D eigenvalue weighted by molar-refractivity contribution is 5.11. The molecule has 0 spiro atoms. The SMILES string of the molecule is CCNCCCC(C)Oc1cnn(C)c1. The molecule has 1 heterocycles. The Kier molecular flexibility index (Phi) is 5.18. The van der Waals surface area contributed by atoms with E-state index in [0.717, 1.165) is 31.7 Å². The molecule has 0 radical (unpaired) electrons. The van der Waals surface area contributed by atoms with Crippen LogP contribution in [0.4, 0.5) is 0 Å². The second-order valence-electron chi connectivity index (χ2n) is 3.77. The number of hydrogen-bond acceptors (Lipinski definition) is 3. The van der Waals surface area contributed by atoms with Crippen LogP contribution in [0.25, 0.3) is 0 Å². The molecule has 0 aliphatic rings. The summed E-state index contributed by atoms with van der Waals surface area (Å²) in [7, 11) is 1.89. The predicted molar refractivity (Wildman–Crippen MR) is 61.1 cm³/mol. The van der Waals surface area contributed by atoms with Gasteiger partial charge in [0.25, 0.3) is 0 Å². The van der Waals surface area contributed by atoms with Crippen LogP contribution in [0, 0.1) is 0 Å². The van der Waals surface area contributed by atoms with E-state index < -0.39 is 0 Å². The third-order valence-electron chi connectivity index (χ3n) is 2.23. The second-order valence-corrected chi connectivity index (χ2v) is 3.77. The molecule has 4 nitrogen and oxygen atoms in total. The number of aromatic nitrogens is 2. The normalized spacial score (nSPS) is 12.7. The molecule has 0 aliphatic heterocycles. The summed E-state index contributed by atoms with van der Waals surface area (Å²) in [5, 5.41) is 7.36. The third-order valence-corrected chi connectivity index (χ3v) is 2.23. The van der Waals surface area contributed by atoms with Gasteiger partial charge in [0, 0.05) is 7.05 Å². The standard InChI is InChI=1S/C11H21N3O/c1-4-12-7-5-6-10(2)15-11-8-13-14(3)9-11/h8-10,12H,4-7H2,1-3H3. The van der Waals surface area contributed by atoms with Gasteiger partial charge in [-0.3, -0.25) is 4.68 Å². The van der Waals surface area contributed by atoms with Gasteiger partial charge in [-0.1, -0.05) is 6.92 Å². The van der Waals surface area contributed by atoms with Crippen LogP contribution in [0.5, 0.6) is 5.75 Å². The van der Waals surface area contributed by atoms with Crippen molar-refractivity contribution >= 4 is 0 Å². The minimum atomic E-state index is 0.257. The van der Waals surface area contributed by atoms with Crippen LogP contribution >= 0.6 is 0 Å². The third kappa shape index (κ3) is 4.83. The zero-order chi connectivity index (χ0) is 11.1. The summed E-state index contributed by atoms with van der Waals surface area (Å²) in [6.07, 6.45) is 6.12. The van der Waals surface area contributed by atoms with Gasteiger partial charge >= 0.3 is 0 Å². The Morgan fingerprint density at radius 2 is 2.40 bits per heavy atom. The van der Waals surface area contributed by atoms with Crippen molar-refractivity contribution in [3.63, 3.8) is 0 Å². The Balaban J connectivity index is 2.15. The van der Waals surface area contributed by atoms with E-state index in [1.54, 1.807) is 10.9 Å². The molecular weight excluding hydrogens is 190 g/mol. The van der Waals surface area contributed by atoms with Crippen LogP contribution in [-0.2, 0) is 7.05 Å². The van der Waals surface area contributed by atoms with Gasteiger partial charge in [-0.2, -0.15) is 5.10 Å². The first-order chi connectivity index (χ1) is 7.22. The Labute approximate surface area is 91.6 Å². The minimum Gasteiger partial charge on any atom is -0.487 e. The molecule has 1 N–H and O–H groups in total. The molecule has 0 bridgehead atoms. The van der Waals surface area contributed by atoms with E-state index in [9.17, 15) is 0 Å². The molecule has 0 fully saturated rings. The highest BCUT2D eigenvalue weighted by Crippen LogP contribution is 2.11. The summed E-state index contributed by atoms with van der Waals surface area (Å²) in [5.41, 5.74) is 0. The maximum Gasteiger partial charge on any atom is 0.157 e. The lowest BCUT2D eigenvalue weighted by atomic mass is 10.2. The lowest BCUT2D eigenvalue weighted by Gasteiger charge is -2.12. The van der Waals surface area contributed by atoms with Gasteiger partial charge in [-0.15, -0.1) is 0 Å². The summed E-state index contributed by atoms with van der Waals surface area (Å²) in [6, 6.07) is 0.